The molecule has 1 heterocycles. The highest BCUT2D eigenvalue weighted by Crippen LogP contribution is 2.32. The highest BCUT2D eigenvalue weighted by Gasteiger charge is 2.18. The van der Waals surface area contributed by atoms with E-state index in [2.05, 4.69) is 66.0 Å². The lowest BCUT2D eigenvalue weighted by Gasteiger charge is -2.19. The zero-order valence-electron chi connectivity index (χ0n) is 11.0. The van der Waals surface area contributed by atoms with Gasteiger partial charge in [0, 0.05) is 18.3 Å². The van der Waals surface area contributed by atoms with Gasteiger partial charge in [0.2, 0.25) is 0 Å². The number of aryl methyl sites for hydroxylation is 1. The molecule has 0 aliphatic heterocycles. The summed E-state index contributed by atoms with van der Waals surface area (Å²) in [5.74, 6) is 0. The van der Waals surface area contributed by atoms with Gasteiger partial charge in [0.1, 0.15) is 0 Å². The Bertz CT molecular complexity index is 553. The highest BCUT2D eigenvalue weighted by molar-refractivity contribution is 14.1. The summed E-state index contributed by atoms with van der Waals surface area (Å²) in [6, 6.07) is 10.8. The maximum absolute atomic E-state index is 6.15. The molecule has 0 bridgehead atoms. The molecule has 0 radical (unpaired) electrons. The van der Waals surface area contributed by atoms with Gasteiger partial charge >= 0.3 is 0 Å². The highest BCUT2D eigenvalue weighted by atomic mass is 127. The summed E-state index contributed by atoms with van der Waals surface area (Å²) >= 11 is 10.4. The van der Waals surface area contributed by atoms with Crippen molar-refractivity contribution in [3.8, 4) is 0 Å². The molecule has 0 spiro atoms. The van der Waals surface area contributed by atoms with Crippen molar-refractivity contribution < 1.29 is 0 Å². The monoisotopic (exact) mass is 405 g/mol. The van der Waals surface area contributed by atoms with Gasteiger partial charge < -0.3 is 5.32 Å². The molecule has 2 aromatic rings. The van der Waals surface area contributed by atoms with Crippen LogP contribution in [0.4, 0.5) is 0 Å². The molecular weight excluding hydrogens is 389 g/mol. The van der Waals surface area contributed by atoms with Crippen LogP contribution < -0.4 is 5.32 Å². The fourth-order valence-electron chi connectivity index (χ4n) is 2.04. The minimum atomic E-state index is 0.237. The molecule has 2 rings (SSSR count). The number of thiophene rings is 1. The van der Waals surface area contributed by atoms with E-state index in [1.165, 1.54) is 18.9 Å². The van der Waals surface area contributed by atoms with Crippen LogP contribution in [-0.4, -0.2) is 6.54 Å². The number of nitrogens with one attached hydrogen (secondary N) is 1. The number of hydrogen-bond donors (Lipinski definition) is 1. The van der Waals surface area contributed by atoms with Gasteiger partial charge in [0.05, 0.1) is 6.04 Å². The van der Waals surface area contributed by atoms with E-state index in [9.17, 15) is 0 Å². The third-order valence-corrected chi connectivity index (χ3v) is 5.50. The van der Waals surface area contributed by atoms with E-state index in [1.807, 2.05) is 17.4 Å². The van der Waals surface area contributed by atoms with Crippen molar-refractivity contribution in [1.29, 1.82) is 0 Å². The number of rotatable bonds is 5. The van der Waals surface area contributed by atoms with Gasteiger partial charge in [-0.2, -0.15) is 0 Å². The normalized spacial score (nSPS) is 12.6. The average Bonchev–Trinajstić information content (AvgIpc) is 2.88. The first-order chi connectivity index (χ1) is 9.15. The van der Waals surface area contributed by atoms with Crippen LogP contribution in [0.25, 0.3) is 0 Å². The van der Waals surface area contributed by atoms with E-state index in [1.54, 1.807) is 0 Å². The van der Waals surface area contributed by atoms with Crippen molar-refractivity contribution in [3.05, 3.63) is 54.2 Å². The summed E-state index contributed by atoms with van der Waals surface area (Å²) in [6.45, 7) is 5.27. The second-order valence-electron chi connectivity index (χ2n) is 4.31. The van der Waals surface area contributed by atoms with Crippen LogP contribution in [0.5, 0.6) is 0 Å². The standard InChI is InChI=1S/C15H17ClINS/c1-3-11-6-8-14(19-11)15(18-4-2)12-9-10(16)5-7-13(12)17/h5-9,15,18H,3-4H2,1-2H3. The van der Waals surface area contributed by atoms with E-state index < -0.39 is 0 Å². The molecule has 1 nitrogen and oxygen atoms in total. The molecule has 19 heavy (non-hydrogen) atoms. The lowest BCUT2D eigenvalue weighted by atomic mass is 10.1. The summed E-state index contributed by atoms with van der Waals surface area (Å²) in [6.07, 6.45) is 1.09. The van der Waals surface area contributed by atoms with E-state index in [4.69, 9.17) is 11.6 Å². The van der Waals surface area contributed by atoms with Gasteiger partial charge in [0.15, 0.2) is 0 Å². The zero-order valence-corrected chi connectivity index (χ0v) is 14.8. The van der Waals surface area contributed by atoms with Crippen LogP contribution in [0.2, 0.25) is 5.02 Å². The summed E-state index contributed by atoms with van der Waals surface area (Å²) in [5, 5.41) is 4.36. The van der Waals surface area contributed by atoms with Crippen LogP contribution in [-0.2, 0) is 6.42 Å². The Morgan fingerprint density at radius 1 is 1.26 bits per heavy atom. The van der Waals surface area contributed by atoms with Crippen molar-refractivity contribution in [2.45, 2.75) is 26.3 Å². The largest absolute Gasteiger partial charge is 0.306 e. The third kappa shape index (κ3) is 3.72. The molecule has 0 aliphatic rings. The first-order valence-electron chi connectivity index (χ1n) is 6.42. The lowest BCUT2D eigenvalue weighted by Crippen LogP contribution is -2.22. The second kappa shape index (κ2) is 7.07. The van der Waals surface area contributed by atoms with Crippen LogP contribution >= 0.6 is 45.5 Å². The SMILES string of the molecule is CCNC(c1ccc(CC)s1)c1cc(Cl)ccc1I. The summed E-state index contributed by atoms with van der Waals surface area (Å²) in [7, 11) is 0. The summed E-state index contributed by atoms with van der Waals surface area (Å²) in [4.78, 5) is 2.79. The number of benzene rings is 1. The van der Waals surface area contributed by atoms with Crippen LogP contribution in [0.1, 0.15) is 35.2 Å². The minimum Gasteiger partial charge on any atom is -0.306 e. The van der Waals surface area contributed by atoms with Crippen LogP contribution in [0.3, 0.4) is 0 Å². The Morgan fingerprint density at radius 3 is 2.68 bits per heavy atom. The van der Waals surface area contributed by atoms with Crippen molar-refractivity contribution in [2.75, 3.05) is 6.54 Å². The third-order valence-electron chi connectivity index (χ3n) is 2.99. The van der Waals surface area contributed by atoms with Gasteiger partial charge in [-0.05, 0) is 71.5 Å². The van der Waals surface area contributed by atoms with E-state index in [-0.39, 0.29) is 6.04 Å². The molecule has 0 fully saturated rings. The maximum atomic E-state index is 6.15. The molecule has 0 amide bonds. The quantitative estimate of drug-likeness (QED) is 0.668. The fraction of sp³-hybridized carbons (Fsp3) is 0.333. The molecule has 1 atom stereocenters. The van der Waals surface area contributed by atoms with Crippen molar-refractivity contribution in [2.24, 2.45) is 0 Å². The molecular formula is C15H17ClINS. The molecule has 1 aromatic heterocycles. The molecule has 0 saturated heterocycles. The van der Waals surface area contributed by atoms with Crippen molar-refractivity contribution in [1.82, 2.24) is 5.32 Å². The molecule has 4 heteroatoms. The first-order valence-corrected chi connectivity index (χ1v) is 8.70. The number of hydrogen-bond acceptors (Lipinski definition) is 2. The van der Waals surface area contributed by atoms with Gasteiger partial charge in [-0.25, -0.2) is 0 Å². The molecule has 0 saturated carbocycles. The fourth-order valence-corrected chi connectivity index (χ4v) is 3.92. The molecule has 1 unspecified atom stereocenters. The molecule has 0 aliphatic carbocycles. The summed E-state index contributed by atoms with van der Waals surface area (Å²) in [5.41, 5.74) is 1.26. The zero-order chi connectivity index (χ0) is 13.8. The van der Waals surface area contributed by atoms with Crippen LogP contribution in [0, 0.1) is 3.57 Å². The first kappa shape index (κ1) is 15.3. The topological polar surface area (TPSA) is 12.0 Å². The van der Waals surface area contributed by atoms with E-state index in [0.29, 0.717) is 0 Å². The molecule has 102 valence electrons. The smallest absolute Gasteiger partial charge is 0.0681 e. The average molecular weight is 406 g/mol. The molecule has 1 N–H and O–H groups in total. The Hall–Kier alpha value is -0.100. The van der Waals surface area contributed by atoms with E-state index in [0.717, 1.165) is 18.0 Å². The van der Waals surface area contributed by atoms with Crippen molar-refractivity contribution in [3.63, 3.8) is 0 Å². The Kier molecular flexibility index (Phi) is 5.69. The van der Waals surface area contributed by atoms with Crippen molar-refractivity contribution >= 4 is 45.5 Å². The predicted octanol–water partition coefficient (Wildman–Crippen LogP) is 5.27. The van der Waals surface area contributed by atoms with Gasteiger partial charge in [-0.15, -0.1) is 11.3 Å². The van der Waals surface area contributed by atoms with E-state index >= 15 is 0 Å². The Balaban J connectivity index is 2.41. The van der Waals surface area contributed by atoms with Gasteiger partial charge in [0.25, 0.3) is 0 Å². The Morgan fingerprint density at radius 2 is 2.05 bits per heavy atom. The Labute approximate surface area is 137 Å². The minimum absolute atomic E-state index is 0.237. The number of halogens is 2. The second-order valence-corrected chi connectivity index (χ2v) is 7.11. The summed E-state index contributed by atoms with van der Waals surface area (Å²) < 4.78 is 1.25. The predicted molar refractivity (Wildman–Crippen MR) is 93.4 cm³/mol. The van der Waals surface area contributed by atoms with Gasteiger partial charge in [-0.3, -0.25) is 0 Å². The van der Waals surface area contributed by atoms with Gasteiger partial charge in [-0.1, -0.05) is 25.4 Å². The maximum Gasteiger partial charge on any atom is 0.0681 e. The van der Waals surface area contributed by atoms with Crippen LogP contribution in [0.15, 0.2) is 30.3 Å². The lowest BCUT2D eigenvalue weighted by molar-refractivity contribution is 0.637. The molecule has 1 aromatic carbocycles.